The standard InChI is InChI=1S/C10H14N2O4S/c1-17(14,15)12-6-4-11(5-7-12)10(13)9-3-2-8-16-9/h2-3,8H,4-7H2,1H3. The van der Waals surface area contributed by atoms with Gasteiger partial charge >= 0.3 is 0 Å². The van der Waals surface area contributed by atoms with E-state index >= 15 is 0 Å². The average Bonchev–Trinajstić information content (AvgIpc) is 2.80. The first kappa shape index (κ1) is 12.1. The maximum atomic E-state index is 11.9. The second kappa shape index (κ2) is 4.50. The van der Waals surface area contributed by atoms with E-state index in [1.165, 1.54) is 16.8 Å². The Morgan fingerprint density at radius 2 is 1.94 bits per heavy atom. The summed E-state index contributed by atoms with van der Waals surface area (Å²) < 4.78 is 29.0. The minimum absolute atomic E-state index is 0.192. The second-order valence-corrected chi connectivity index (χ2v) is 5.91. The van der Waals surface area contributed by atoms with Gasteiger partial charge in [-0.2, -0.15) is 4.31 Å². The van der Waals surface area contributed by atoms with Crippen molar-refractivity contribution in [3.05, 3.63) is 24.2 Å². The van der Waals surface area contributed by atoms with Gasteiger partial charge in [0.05, 0.1) is 12.5 Å². The van der Waals surface area contributed by atoms with Crippen LogP contribution < -0.4 is 0 Å². The average molecular weight is 258 g/mol. The lowest BCUT2D eigenvalue weighted by Crippen LogP contribution is -2.50. The third-order valence-corrected chi connectivity index (χ3v) is 4.03. The summed E-state index contributed by atoms with van der Waals surface area (Å²) >= 11 is 0. The van der Waals surface area contributed by atoms with Crippen molar-refractivity contribution in [1.82, 2.24) is 9.21 Å². The lowest BCUT2D eigenvalue weighted by atomic mass is 10.3. The second-order valence-electron chi connectivity index (χ2n) is 3.93. The highest BCUT2D eigenvalue weighted by Gasteiger charge is 2.27. The molecule has 1 aliphatic heterocycles. The molecule has 0 aromatic carbocycles. The Bertz CT molecular complexity index is 486. The molecule has 6 nitrogen and oxygen atoms in total. The van der Waals surface area contributed by atoms with Crippen LogP contribution in [0, 0.1) is 0 Å². The molecule has 1 aromatic heterocycles. The zero-order valence-corrected chi connectivity index (χ0v) is 10.3. The Hall–Kier alpha value is -1.34. The molecule has 0 aliphatic carbocycles. The van der Waals surface area contributed by atoms with Crippen LogP contribution in [-0.4, -0.2) is 56.0 Å². The van der Waals surface area contributed by atoms with Crippen LogP contribution in [0.1, 0.15) is 10.6 Å². The van der Waals surface area contributed by atoms with Crippen molar-refractivity contribution in [2.24, 2.45) is 0 Å². The minimum atomic E-state index is -3.16. The molecule has 1 aliphatic rings. The molecule has 0 atom stereocenters. The highest BCUT2D eigenvalue weighted by Crippen LogP contribution is 2.10. The number of amides is 1. The first-order chi connectivity index (χ1) is 7.98. The summed E-state index contributed by atoms with van der Waals surface area (Å²) in [6, 6.07) is 3.26. The SMILES string of the molecule is CS(=O)(=O)N1CCN(C(=O)c2ccco2)CC1. The van der Waals surface area contributed by atoms with Crippen LogP contribution in [0.5, 0.6) is 0 Å². The maximum Gasteiger partial charge on any atom is 0.289 e. The first-order valence-electron chi connectivity index (χ1n) is 5.26. The Kier molecular flexibility index (Phi) is 3.21. The van der Waals surface area contributed by atoms with Gasteiger partial charge in [0.2, 0.25) is 10.0 Å². The van der Waals surface area contributed by atoms with Gasteiger partial charge in [0, 0.05) is 26.2 Å². The van der Waals surface area contributed by atoms with E-state index in [-0.39, 0.29) is 11.7 Å². The number of carbonyl (C=O) groups excluding carboxylic acids is 1. The largest absolute Gasteiger partial charge is 0.459 e. The molecular formula is C10H14N2O4S. The topological polar surface area (TPSA) is 70.8 Å². The molecule has 1 fully saturated rings. The van der Waals surface area contributed by atoms with E-state index < -0.39 is 10.0 Å². The lowest BCUT2D eigenvalue weighted by Gasteiger charge is -2.32. The quantitative estimate of drug-likeness (QED) is 0.748. The van der Waals surface area contributed by atoms with Crippen LogP contribution in [0.4, 0.5) is 0 Å². The van der Waals surface area contributed by atoms with Gasteiger partial charge in [-0.25, -0.2) is 8.42 Å². The number of furan rings is 1. The van der Waals surface area contributed by atoms with Gasteiger partial charge in [0.25, 0.3) is 5.91 Å². The molecule has 0 unspecified atom stereocenters. The van der Waals surface area contributed by atoms with Crippen molar-refractivity contribution < 1.29 is 17.6 Å². The third kappa shape index (κ3) is 2.67. The van der Waals surface area contributed by atoms with Gasteiger partial charge in [-0.1, -0.05) is 0 Å². The van der Waals surface area contributed by atoms with Gasteiger partial charge < -0.3 is 9.32 Å². The van der Waals surface area contributed by atoms with Gasteiger partial charge in [-0.15, -0.1) is 0 Å². The van der Waals surface area contributed by atoms with Crippen LogP contribution in [-0.2, 0) is 10.0 Å². The molecule has 0 N–H and O–H groups in total. The predicted octanol–water partition coefficient (Wildman–Crippen LogP) is -0.00300. The molecule has 0 saturated carbocycles. The fraction of sp³-hybridized carbons (Fsp3) is 0.500. The van der Waals surface area contributed by atoms with Crippen LogP contribution in [0.2, 0.25) is 0 Å². The van der Waals surface area contributed by atoms with E-state index in [4.69, 9.17) is 4.42 Å². The number of nitrogens with zero attached hydrogens (tertiary/aromatic N) is 2. The molecule has 2 heterocycles. The molecular weight excluding hydrogens is 244 g/mol. The number of piperazine rings is 1. The molecule has 1 amide bonds. The molecule has 0 bridgehead atoms. The van der Waals surface area contributed by atoms with Gasteiger partial charge in [-0.3, -0.25) is 4.79 Å². The summed E-state index contributed by atoms with van der Waals surface area (Å²) in [7, 11) is -3.16. The molecule has 17 heavy (non-hydrogen) atoms. The van der Waals surface area contributed by atoms with E-state index in [9.17, 15) is 13.2 Å². The molecule has 7 heteroatoms. The summed E-state index contributed by atoms with van der Waals surface area (Å²) in [5.74, 6) is 0.0981. The van der Waals surface area contributed by atoms with Gasteiger partial charge in [-0.05, 0) is 12.1 Å². The Morgan fingerprint density at radius 3 is 2.41 bits per heavy atom. The van der Waals surface area contributed by atoms with Crippen LogP contribution in [0.25, 0.3) is 0 Å². The molecule has 0 spiro atoms. The van der Waals surface area contributed by atoms with Crippen molar-refractivity contribution in [2.45, 2.75) is 0 Å². The molecule has 1 saturated heterocycles. The van der Waals surface area contributed by atoms with Gasteiger partial charge in [0.15, 0.2) is 5.76 Å². The summed E-state index contributed by atoms with van der Waals surface area (Å²) in [4.78, 5) is 13.5. The molecule has 0 radical (unpaired) electrons. The highest BCUT2D eigenvalue weighted by molar-refractivity contribution is 7.88. The summed E-state index contributed by atoms with van der Waals surface area (Å²) in [6.07, 6.45) is 2.62. The number of sulfonamides is 1. The van der Waals surface area contributed by atoms with Crippen molar-refractivity contribution in [3.8, 4) is 0 Å². The number of carbonyl (C=O) groups is 1. The fourth-order valence-corrected chi connectivity index (χ4v) is 2.61. The highest BCUT2D eigenvalue weighted by atomic mass is 32.2. The van der Waals surface area contributed by atoms with Crippen molar-refractivity contribution in [1.29, 1.82) is 0 Å². The zero-order chi connectivity index (χ0) is 12.5. The van der Waals surface area contributed by atoms with Crippen molar-refractivity contribution in [3.63, 3.8) is 0 Å². The van der Waals surface area contributed by atoms with E-state index in [1.807, 2.05) is 0 Å². The number of hydrogen-bond acceptors (Lipinski definition) is 4. The lowest BCUT2D eigenvalue weighted by molar-refractivity contribution is 0.0666. The molecule has 94 valence electrons. The summed E-state index contributed by atoms with van der Waals surface area (Å²) in [5.41, 5.74) is 0. The summed E-state index contributed by atoms with van der Waals surface area (Å²) in [5, 5.41) is 0. The molecule has 1 aromatic rings. The number of rotatable bonds is 2. The Morgan fingerprint density at radius 1 is 1.29 bits per heavy atom. The maximum absolute atomic E-state index is 11.9. The van der Waals surface area contributed by atoms with Crippen molar-refractivity contribution in [2.75, 3.05) is 32.4 Å². The minimum Gasteiger partial charge on any atom is -0.459 e. The monoisotopic (exact) mass is 258 g/mol. The van der Waals surface area contributed by atoms with Crippen LogP contribution in [0.15, 0.2) is 22.8 Å². The normalized spacial score (nSPS) is 18.3. The van der Waals surface area contributed by atoms with Crippen LogP contribution >= 0.6 is 0 Å². The molecule has 2 rings (SSSR count). The zero-order valence-electron chi connectivity index (χ0n) is 9.50. The van der Waals surface area contributed by atoms with Gasteiger partial charge in [0.1, 0.15) is 0 Å². The summed E-state index contributed by atoms with van der Waals surface area (Å²) in [6.45, 7) is 1.47. The predicted molar refractivity (Wildman–Crippen MR) is 61.0 cm³/mol. The van der Waals surface area contributed by atoms with E-state index in [0.717, 1.165) is 0 Å². The Balaban J connectivity index is 1.98. The smallest absolute Gasteiger partial charge is 0.289 e. The van der Waals surface area contributed by atoms with E-state index in [2.05, 4.69) is 0 Å². The Labute approximate surface area is 99.9 Å². The first-order valence-corrected chi connectivity index (χ1v) is 7.11. The number of hydrogen-bond donors (Lipinski definition) is 0. The van der Waals surface area contributed by atoms with Crippen molar-refractivity contribution >= 4 is 15.9 Å². The van der Waals surface area contributed by atoms with Crippen LogP contribution in [0.3, 0.4) is 0 Å². The third-order valence-electron chi connectivity index (χ3n) is 2.73. The fourth-order valence-electron chi connectivity index (χ4n) is 1.78. The van der Waals surface area contributed by atoms with E-state index in [1.54, 1.807) is 17.0 Å². The van der Waals surface area contributed by atoms with E-state index in [0.29, 0.717) is 26.2 Å².